The van der Waals surface area contributed by atoms with Crippen LogP contribution in [0.1, 0.15) is 13.3 Å². The van der Waals surface area contributed by atoms with Gasteiger partial charge in [-0.05, 0) is 19.9 Å². The van der Waals surface area contributed by atoms with E-state index >= 15 is 0 Å². The molecule has 0 aliphatic carbocycles. The Balaban J connectivity index is 2.61. The summed E-state index contributed by atoms with van der Waals surface area (Å²) >= 11 is 0. The van der Waals surface area contributed by atoms with E-state index in [0.29, 0.717) is 6.54 Å². The number of hydrogen-bond acceptors (Lipinski definition) is 5. The van der Waals surface area contributed by atoms with Crippen LogP contribution in [-0.2, 0) is 19.6 Å². The molecule has 1 heterocycles. The zero-order valence-corrected chi connectivity index (χ0v) is 9.63. The molecule has 0 aromatic rings. The van der Waals surface area contributed by atoms with Gasteiger partial charge in [-0.1, -0.05) is 0 Å². The van der Waals surface area contributed by atoms with Gasteiger partial charge >= 0.3 is 5.97 Å². The Morgan fingerprint density at radius 3 is 2.73 bits per heavy atom. The van der Waals surface area contributed by atoms with Crippen LogP contribution in [0, 0.1) is 0 Å². The Morgan fingerprint density at radius 1 is 1.60 bits per heavy atom. The maximum Gasteiger partial charge on any atom is 0.325 e. The van der Waals surface area contributed by atoms with Crippen LogP contribution in [0.25, 0.3) is 0 Å². The highest BCUT2D eigenvalue weighted by Crippen LogP contribution is 2.05. The fourth-order valence-corrected chi connectivity index (χ4v) is 2.60. The summed E-state index contributed by atoms with van der Waals surface area (Å²) in [4.78, 5) is 11.1. The molecule has 1 aliphatic rings. The summed E-state index contributed by atoms with van der Waals surface area (Å²) < 4.78 is 30.2. The van der Waals surface area contributed by atoms with Crippen LogP contribution in [0.5, 0.6) is 0 Å². The number of nitrogens with one attached hydrogen (secondary N) is 2. The van der Waals surface area contributed by atoms with Gasteiger partial charge in [0.25, 0.3) is 0 Å². The molecule has 15 heavy (non-hydrogen) atoms. The molecule has 7 heteroatoms. The van der Waals surface area contributed by atoms with Crippen LogP contribution in [0.15, 0.2) is 0 Å². The molecule has 6 nitrogen and oxygen atoms in total. The van der Waals surface area contributed by atoms with E-state index in [1.807, 2.05) is 0 Å². The third kappa shape index (κ3) is 3.15. The molecule has 0 amide bonds. The Labute approximate surface area is 89.4 Å². The van der Waals surface area contributed by atoms with Crippen molar-refractivity contribution in [2.45, 2.75) is 24.6 Å². The first-order valence-corrected chi connectivity index (χ1v) is 6.31. The summed E-state index contributed by atoms with van der Waals surface area (Å²) in [5.74, 6) is -0.742. The number of sulfonamides is 1. The minimum absolute atomic E-state index is 0.123. The first-order chi connectivity index (χ1) is 6.97. The molecule has 0 aromatic heterocycles. The lowest BCUT2D eigenvalue weighted by Crippen LogP contribution is -2.44. The average molecular weight is 236 g/mol. The maximum atomic E-state index is 11.6. The van der Waals surface area contributed by atoms with E-state index in [-0.39, 0.29) is 6.04 Å². The van der Waals surface area contributed by atoms with Gasteiger partial charge in [-0.25, -0.2) is 13.1 Å². The van der Waals surface area contributed by atoms with E-state index in [1.165, 1.54) is 14.0 Å². The van der Waals surface area contributed by atoms with Gasteiger partial charge in [0.2, 0.25) is 10.0 Å². The van der Waals surface area contributed by atoms with E-state index in [0.717, 1.165) is 13.0 Å². The lowest BCUT2D eigenvalue weighted by molar-refractivity contribution is -0.139. The zero-order chi connectivity index (χ0) is 11.5. The molecular weight excluding hydrogens is 220 g/mol. The van der Waals surface area contributed by atoms with Crippen molar-refractivity contribution in [1.82, 2.24) is 10.0 Å². The third-order valence-electron chi connectivity index (χ3n) is 2.39. The Hall–Kier alpha value is -0.660. The molecule has 0 bridgehead atoms. The van der Waals surface area contributed by atoms with E-state index in [2.05, 4.69) is 14.8 Å². The Morgan fingerprint density at radius 2 is 2.27 bits per heavy atom. The summed E-state index contributed by atoms with van der Waals surface area (Å²) in [6.07, 6.45) is 0.743. The van der Waals surface area contributed by atoms with E-state index in [4.69, 9.17) is 0 Å². The molecule has 1 rings (SSSR count). The summed E-state index contributed by atoms with van der Waals surface area (Å²) in [5, 5.41) is 1.87. The van der Waals surface area contributed by atoms with Crippen LogP contribution in [0.2, 0.25) is 0 Å². The molecule has 1 fully saturated rings. The second-order valence-corrected chi connectivity index (χ2v) is 5.55. The fraction of sp³-hybridized carbons (Fsp3) is 0.875. The molecule has 0 spiro atoms. The van der Waals surface area contributed by atoms with Crippen molar-refractivity contribution in [3.05, 3.63) is 0 Å². The van der Waals surface area contributed by atoms with Crippen LogP contribution >= 0.6 is 0 Å². The number of methoxy groups -OCH3 is 1. The smallest absolute Gasteiger partial charge is 0.325 e. The molecule has 2 atom stereocenters. The fourth-order valence-electron chi connectivity index (χ4n) is 1.38. The number of rotatable bonds is 4. The number of ether oxygens (including phenoxy) is 1. The molecule has 0 aromatic carbocycles. The predicted octanol–water partition coefficient (Wildman–Crippen LogP) is -1.17. The third-order valence-corrected chi connectivity index (χ3v) is 4.18. The summed E-state index contributed by atoms with van der Waals surface area (Å²) in [7, 11) is -2.45. The first kappa shape index (κ1) is 12.4. The average Bonchev–Trinajstić information content (AvgIpc) is 2.67. The minimum atomic E-state index is -3.62. The summed E-state index contributed by atoms with van der Waals surface area (Å²) in [6, 6.07) is -0.123. The molecule has 1 aliphatic heterocycles. The van der Waals surface area contributed by atoms with Gasteiger partial charge < -0.3 is 10.1 Å². The predicted molar refractivity (Wildman–Crippen MR) is 54.8 cm³/mol. The van der Waals surface area contributed by atoms with Gasteiger partial charge in [-0.3, -0.25) is 4.79 Å². The van der Waals surface area contributed by atoms with Gasteiger partial charge in [0.1, 0.15) is 0 Å². The van der Waals surface area contributed by atoms with Crippen LogP contribution in [0.3, 0.4) is 0 Å². The number of hydrogen-bond donors (Lipinski definition) is 2. The maximum absolute atomic E-state index is 11.6. The lowest BCUT2D eigenvalue weighted by Gasteiger charge is -2.15. The molecule has 0 saturated carbocycles. The lowest BCUT2D eigenvalue weighted by atomic mass is 10.3. The van der Waals surface area contributed by atoms with Crippen molar-refractivity contribution in [3.63, 3.8) is 0 Å². The number of carbonyl (C=O) groups excluding carboxylic acids is 1. The van der Waals surface area contributed by atoms with Gasteiger partial charge in [-0.15, -0.1) is 0 Å². The minimum Gasteiger partial charge on any atom is -0.468 e. The second kappa shape index (κ2) is 4.91. The van der Waals surface area contributed by atoms with E-state index < -0.39 is 21.2 Å². The van der Waals surface area contributed by atoms with Crippen molar-refractivity contribution < 1.29 is 17.9 Å². The van der Waals surface area contributed by atoms with Crippen molar-refractivity contribution in [1.29, 1.82) is 0 Å². The van der Waals surface area contributed by atoms with Crippen LogP contribution < -0.4 is 10.0 Å². The van der Waals surface area contributed by atoms with Crippen LogP contribution in [0.4, 0.5) is 0 Å². The molecule has 1 saturated heterocycles. The molecule has 2 unspecified atom stereocenters. The van der Waals surface area contributed by atoms with Gasteiger partial charge in [0.15, 0.2) is 5.25 Å². The highest BCUT2D eigenvalue weighted by atomic mass is 32.2. The second-order valence-electron chi connectivity index (χ2n) is 3.52. The van der Waals surface area contributed by atoms with Crippen molar-refractivity contribution in [2.24, 2.45) is 0 Å². The largest absolute Gasteiger partial charge is 0.468 e. The van der Waals surface area contributed by atoms with Gasteiger partial charge in [-0.2, -0.15) is 0 Å². The number of carbonyl (C=O) groups is 1. The monoisotopic (exact) mass is 236 g/mol. The highest BCUT2D eigenvalue weighted by molar-refractivity contribution is 7.90. The quantitative estimate of drug-likeness (QED) is 0.601. The van der Waals surface area contributed by atoms with E-state index in [1.54, 1.807) is 0 Å². The SMILES string of the molecule is COC(=O)C(C)S(=O)(=O)NC1CCNC1. The Bertz CT molecular complexity index is 322. The number of esters is 1. The van der Waals surface area contributed by atoms with Gasteiger partial charge in [0, 0.05) is 12.6 Å². The molecule has 2 N–H and O–H groups in total. The van der Waals surface area contributed by atoms with E-state index in [9.17, 15) is 13.2 Å². The molecular formula is C8H16N2O4S. The van der Waals surface area contributed by atoms with Crippen molar-refractivity contribution in [3.8, 4) is 0 Å². The molecule has 0 radical (unpaired) electrons. The standard InChI is InChI=1S/C8H16N2O4S/c1-6(8(11)14-2)15(12,13)10-7-3-4-9-5-7/h6-7,9-10H,3-5H2,1-2H3. The zero-order valence-electron chi connectivity index (χ0n) is 8.82. The Kier molecular flexibility index (Phi) is 4.06. The van der Waals surface area contributed by atoms with Gasteiger partial charge in [0.05, 0.1) is 7.11 Å². The normalized spacial score (nSPS) is 23.7. The summed E-state index contributed by atoms with van der Waals surface area (Å²) in [5.41, 5.74) is 0. The van der Waals surface area contributed by atoms with Crippen molar-refractivity contribution in [2.75, 3.05) is 20.2 Å². The highest BCUT2D eigenvalue weighted by Gasteiger charge is 2.31. The summed E-state index contributed by atoms with van der Waals surface area (Å²) in [6.45, 7) is 2.71. The molecule has 88 valence electrons. The topological polar surface area (TPSA) is 84.5 Å². The first-order valence-electron chi connectivity index (χ1n) is 4.77. The van der Waals surface area contributed by atoms with Crippen molar-refractivity contribution >= 4 is 16.0 Å². The van der Waals surface area contributed by atoms with Crippen LogP contribution in [-0.4, -0.2) is 45.9 Å².